The van der Waals surface area contributed by atoms with E-state index in [0.29, 0.717) is 6.61 Å². The van der Waals surface area contributed by atoms with E-state index in [9.17, 15) is 0 Å². The van der Waals surface area contributed by atoms with Gasteiger partial charge in [0.15, 0.2) is 0 Å². The van der Waals surface area contributed by atoms with Crippen LogP contribution in [0, 0.1) is 0 Å². The molecule has 0 aliphatic carbocycles. The number of nitrogens with one attached hydrogen (secondary N) is 1. The Bertz CT molecular complexity index is 158. The van der Waals surface area contributed by atoms with Gasteiger partial charge in [-0.25, -0.2) is 0 Å². The quantitative estimate of drug-likeness (QED) is 0.470. The van der Waals surface area contributed by atoms with E-state index in [1.807, 2.05) is 6.92 Å². The van der Waals surface area contributed by atoms with Gasteiger partial charge in [0, 0.05) is 12.1 Å². The van der Waals surface area contributed by atoms with Crippen molar-refractivity contribution in [3.8, 4) is 0 Å². The van der Waals surface area contributed by atoms with Crippen molar-refractivity contribution in [3.63, 3.8) is 0 Å². The summed E-state index contributed by atoms with van der Waals surface area (Å²) >= 11 is 0. The topological polar surface area (TPSA) is 50.5 Å². The summed E-state index contributed by atoms with van der Waals surface area (Å²) < 4.78 is 5.48. The Kier molecular flexibility index (Phi) is 7.09. The molecular weight excluding hydrogens is 190 g/mol. The molecule has 0 fully saturated rings. The third kappa shape index (κ3) is 3.41. The molecule has 0 saturated heterocycles. The second-order valence-corrected chi connectivity index (χ2v) is 4.08. The molecule has 0 bridgehead atoms. The number of hydrogen-bond donors (Lipinski definition) is 2. The van der Waals surface area contributed by atoms with Crippen molar-refractivity contribution in [1.82, 2.24) is 10.3 Å². The number of nitrogens with two attached hydrogens (primary N) is 1. The van der Waals surface area contributed by atoms with Crippen LogP contribution in [0.1, 0.15) is 33.6 Å². The van der Waals surface area contributed by atoms with Gasteiger partial charge in [0.25, 0.3) is 0 Å². The third-order valence-electron chi connectivity index (χ3n) is 3.45. The Morgan fingerprint density at radius 1 is 1.27 bits per heavy atom. The van der Waals surface area contributed by atoms with Crippen LogP contribution < -0.4 is 11.3 Å². The third-order valence-corrected chi connectivity index (χ3v) is 3.45. The summed E-state index contributed by atoms with van der Waals surface area (Å²) in [5.74, 6) is 5.63. The molecule has 15 heavy (non-hydrogen) atoms. The van der Waals surface area contributed by atoms with Crippen LogP contribution in [-0.2, 0) is 4.74 Å². The van der Waals surface area contributed by atoms with Crippen LogP contribution in [0.5, 0.6) is 0 Å². The van der Waals surface area contributed by atoms with Gasteiger partial charge in [-0.1, -0.05) is 13.8 Å². The zero-order valence-electron chi connectivity index (χ0n) is 10.8. The molecule has 0 saturated carbocycles. The van der Waals surface area contributed by atoms with Crippen molar-refractivity contribution in [3.05, 3.63) is 0 Å². The lowest BCUT2D eigenvalue weighted by Gasteiger charge is -2.44. The van der Waals surface area contributed by atoms with Gasteiger partial charge in [0.05, 0.1) is 12.6 Å². The number of hydrazine groups is 1. The second kappa shape index (κ2) is 7.17. The number of hydrogen-bond acceptors (Lipinski definition) is 4. The predicted octanol–water partition coefficient (Wildman–Crippen LogP) is 0.975. The molecule has 0 aromatic rings. The van der Waals surface area contributed by atoms with Crippen LogP contribution in [-0.4, -0.2) is 43.8 Å². The Labute approximate surface area is 94.1 Å². The molecule has 92 valence electrons. The highest BCUT2D eigenvalue weighted by Gasteiger charge is 2.37. The molecule has 0 spiro atoms. The summed E-state index contributed by atoms with van der Waals surface area (Å²) in [6.07, 6.45) is 2.11. The smallest absolute Gasteiger partial charge is 0.0651 e. The predicted molar refractivity (Wildman–Crippen MR) is 64.6 cm³/mol. The van der Waals surface area contributed by atoms with Gasteiger partial charge < -0.3 is 9.64 Å². The maximum atomic E-state index is 5.63. The van der Waals surface area contributed by atoms with E-state index in [0.717, 1.165) is 19.4 Å². The van der Waals surface area contributed by atoms with Crippen molar-refractivity contribution >= 4 is 0 Å². The Hall–Kier alpha value is -0.160. The van der Waals surface area contributed by atoms with Crippen LogP contribution in [0.4, 0.5) is 0 Å². The first-order valence-electron chi connectivity index (χ1n) is 5.80. The van der Waals surface area contributed by atoms with E-state index in [-0.39, 0.29) is 11.6 Å². The lowest BCUT2D eigenvalue weighted by molar-refractivity contribution is 0.0281. The molecule has 0 aliphatic heterocycles. The zero-order chi connectivity index (χ0) is 11.9. The van der Waals surface area contributed by atoms with Gasteiger partial charge in [-0.05, 0) is 33.9 Å². The summed E-state index contributed by atoms with van der Waals surface area (Å²) in [5, 5.41) is 0. The molecule has 0 radical (unpaired) electrons. The van der Waals surface area contributed by atoms with Gasteiger partial charge in [0.2, 0.25) is 0 Å². The van der Waals surface area contributed by atoms with Gasteiger partial charge in [-0.2, -0.15) is 0 Å². The standard InChI is InChI=1S/C11H27N3O/c1-6-11(7-2,14(4)5)10(13-12)9-15-8-3/h10,13H,6-9,12H2,1-5H3. The van der Waals surface area contributed by atoms with E-state index < -0.39 is 0 Å². The van der Waals surface area contributed by atoms with Crippen LogP contribution in [0.3, 0.4) is 0 Å². The van der Waals surface area contributed by atoms with Crippen LogP contribution in [0.15, 0.2) is 0 Å². The lowest BCUT2D eigenvalue weighted by atomic mass is 9.84. The van der Waals surface area contributed by atoms with Crippen LogP contribution >= 0.6 is 0 Å². The summed E-state index contributed by atoms with van der Waals surface area (Å²) in [7, 11) is 4.20. The molecule has 0 aliphatic rings. The maximum absolute atomic E-state index is 5.63. The first kappa shape index (κ1) is 14.8. The van der Waals surface area contributed by atoms with Crippen LogP contribution in [0.25, 0.3) is 0 Å². The molecule has 0 rings (SSSR count). The minimum Gasteiger partial charge on any atom is -0.380 e. The fourth-order valence-electron chi connectivity index (χ4n) is 2.28. The highest BCUT2D eigenvalue weighted by atomic mass is 16.5. The number of ether oxygens (including phenoxy) is 1. The largest absolute Gasteiger partial charge is 0.380 e. The van der Waals surface area contributed by atoms with Gasteiger partial charge >= 0.3 is 0 Å². The molecule has 4 nitrogen and oxygen atoms in total. The molecular formula is C11H27N3O. The highest BCUT2D eigenvalue weighted by molar-refractivity contribution is 4.96. The second-order valence-electron chi connectivity index (χ2n) is 4.08. The average Bonchev–Trinajstić information content (AvgIpc) is 2.24. The van der Waals surface area contributed by atoms with Crippen molar-refractivity contribution < 1.29 is 4.74 Å². The van der Waals surface area contributed by atoms with Crippen molar-refractivity contribution in [1.29, 1.82) is 0 Å². The van der Waals surface area contributed by atoms with E-state index in [1.54, 1.807) is 0 Å². The summed E-state index contributed by atoms with van der Waals surface area (Å²) in [6.45, 7) is 7.78. The van der Waals surface area contributed by atoms with Crippen molar-refractivity contribution in [2.45, 2.75) is 45.2 Å². The van der Waals surface area contributed by atoms with E-state index >= 15 is 0 Å². The lowest BCUT2D eigenvalue weighted by Crippen LogP contribution is -2.62. The summed E-state index contributed by atoms with van der Waals surface area (Å²) in [6, 6.07) is 0.169. The first-order chi connectivity index (χ1) is 7.08. The minimum absolute atomic E-state index is 0.0733. The molecule has 0 amide bonds. The molecule has 3 N–H and O–H groups in total. The molecule has 0 aromatic heterocycles. The van der Waals surface area contributed by atoms with Crippen molar-refractivity contribution in [2.75, 3.05) is 27.3 Å². The Morgan fingerprint density at radius 2 is 1.80 bits per heavy atom. The van der Waals surface area contributed by atoms with E-state index in [4.69, 9.17) is 10.6 Å². The number of nitrogens with zero attached hydrogens (tertiary/aromatic N) is 1. The number of likely N-dealkylation sites (N-methyl/N-ethyl adjacent to an activating group) is 1. The van der Waals surface area contributed by atoms with E-state index in [2.05, 4.69) is 38.3 Å². The van der Waals surface area contributed by atoms with Gasteiger partial charge in [0.1, 0.15) is 0 Å². The van der Waals surface area contributed by atoms with Gasteiger partial charge in [-0.3, -0.25) is 11.3 Å². The zero-order valence-corrected chi connectivity index (χ0v) is 10.8. The first-order valence-corrected chi connectivity index (χ1v) is 5.80. The average molecular weight is 217 g/mol. The Balaban J connectivity index is 4.67. The fraction of sp³-hybridized carbons (Fsp3) is 1.00. The normalized spacial score (nSPS) is 14.6. The van der Waals surface area contributed by atoms with Crippen molar-refractivity contribution in [2.24, 2.45) is 5.84 Å². The summed E-state index contributed by atoms with van der Waals surface area (Å²) in [4.78, 5) is 2.25. The Morgan fingerprint density at radius 3 is 2.07 bits per heavy atom. The maximum Gasteiger partial charge on any atom is 0.0651 e. The SMILES string of the molecule is CCOCC(NN)C(CC)(CC)N(C)C. The fourth-order valence-corrected chi connectivity index (χ4v) is 2.28. The molecule has 1 unspecified atom stereocenters. The van der Waals surface area contributed by atoms with Crippen LogP contribution in [0.2, 0.25) is 0 Å². The summed E-state index contributed by atoms with van der Waals surface area (Å²) in [5.41, 5.74) is 2.97. The molecule has 0 aromatic carbocycles. The highest BCUT2D eigenvalue weighted by Crippen LogP contribution is 2.25. The van der Waals surface area contributed by atoms with E-state index in [1.165, 1.54) is 0 Å². The monoisotopic (exact) mass is 217 g/mol. The van der Waals surface area contributed by atoms with Gasteiger partial charge in [-0.15, -0.1) is 0 Å². The molecule has 0 heterocycles. The molecule has 1 atom stereocenters. The number of rotatable bonds is 8. The minimum atomic E-state index is 0.0733. The molecule has 4 heteroatoms.